The summed E-state index contributed by atoms with van der Waals surface area (Å²) >= 11 is 0. The van der Waals surface area contributed by atoms with E-state index in [1.54, 1.807) is 6.92 Å². The lowest BCUT2D eigenvalue weighted by molar-refractivity contribution is 0.101. The van der Waals surface area contributed by atoms with Gasteiger partial charge in [-0.25, -0.2) is 0 Å². The number of rotatable bonds is 2. The summed E-state index contributed by atoms with van der Waals surface area (Å²) in [5.41, 5.74) is 8.24. The van der Waals surface area contributed by atoms with Gasteiger partial charge in [0.15, 0.2) is 5.78 Å². The highest BCUT2D eigenvalue weighted by Gasteiger charge is 2.36. The largest absolute Gasteiger partial charge is 0.398 e. The van der Waals surface area contributed by atoms with Crippen LogP contribution < -0.4 is 10.6 Å². The topological polar surface area (TPSA) is 46.3 Å². The van der Waals surface area contributed by atoms with Gasteiger partial charge in [0.2, 0.25) is 0 Å². The second-order valence-electron chi connectivity index (χ2n) is 5.68. The summed E-state index contributed by atoms with van der Waals surface area (Å²) in [6.07, 6.45) is 4.13. The Bertz CT molecular complexity index is 471. The van der Waals surface area contributed by atoms with Crippen molar-refractivity contribution >= 4 is 17.2 Å². The Hall–Kier alpha value is -1.51. The number of ketones is 1. The van der Waals surface area contributed by atoms with Crippen molar-refractivity contribution in [2.45, 2.75) is 26.2 Å². The van der Waals surface area contributed by atoms with Gasteiger partial charge in [0.1, 0.15) is 0 Å². The molecule has 2 N–H and O–H groups in total. The number of carbonyl (C=O) groups is 1. The van der Waals surface area contributed by atoms with Gasteiger partial charge in [0, 0.05) is 30.0 Å². The molecule has 1 aromatic rings. The molecule has 3 heteroatoms. The van der Waals surface area contributed by atoms with Crippen LogP contribution in [0.1, 0.15) is 36.5 Å². The lowest BCUT2D eigenvalue weighted by Gasteiger charge is -2.20. The number of nitrogens with zero attached hydrogens (tertiary/aromatic N) is 1. The van der Waals surface area contributed by atoms with E-state index in [2.05, 4.69) is 4.90 Å². The second kappa shape index (κ2) is 4.30. The molecule has 18 heavy (non-hydrogen) atoms. The van der Waals surface area contributed by atoms with Crippen molar-refractivity contribution in [1.82, 2.24) is 0 Å². The van der Waals surface area contributed by atoms with E-state index in [9.17, 15) is 4.79 Å². The predicted molar refractivity (Wildman–Crippen MR) is 73.9 cm³/mol. The van der Waals surface area contributed by atoms with Gasteiger partial charge in [-0.1, -0.05) is 6.42 Å². The highest BCUT2D eigenvalue weighted by molar-refractivity contribution is 6.00. The van der Waals surface area contributed by atoms with Crippen LogP contribution in [-0.4, -0.2) is 18.9 Å². The molecule has 3 nitrogen and oxygen atoms in total. The Morgan fingerprint density at radius 3 is 2.56 bits per heavy atom. The number of carbonyl (C=O) groups excluding carboxylic acids is 1. The molecular formula is C15H20N2O. The SMILES string of the molecule is CC(=O)c1cc(N2CC3CCCC3C2)ccc1N. The summed E-state index contributed by atoms with van der Waals surface area (Å²) in [5, 5.41) is 0. The third kappa shape index (κ3) is 1.88. The number of nitrogens with two attached hydrogens (primary N) is 1. The van der Waals surface area contributed by atoms with Gasteiger partial charge in [0.05, 0.1) is 0 Å². The molecule has 0 radical (unpaired) electrons. The molecule has 2 aliphatic rings. The lowest BCUT2D eigenvalue weighted by atomic mass is 10.0. The molecule has 0 spiro atoms. The van der Waals surface area contributed by atoms with Gasteiger partial charge in [0.25, 0.3) is 0 Å². The van der Waals surface area contributed by atoms with E-state index in [-0.39, 0.29) is 5.78 Å². The molecule has 1 aliphatic carbocycles. The van der Waals surface area contributed by atoms with E-state index in [0.717, 1.165) is 30.6 Å². The minimum absolute atomic E-state index is 0.0498. The first-order chi connectivity index (χ1) is 8.65. The first-order valence-corrected chi connectivity index (χ1v) is 6.80. The van der Waals surface area contributed by atoms with Gasteiger partial charge in [-0.15, -0.1) is 0 Å². The minimum atomic E-state index is 0.0498. The maximum atomic E-state index is 11.5. The second-order valence-corrected chi connectivity index (χ2v) is 5.68. The van der Waals surface area contributed by atoms with Gasteiger partial charge in [-0.3, -0.25) is 4.79 Å². The summed E-state index contributed by atoms with van der Waals surface area (Å²) in [5.74, 6) is 1.78. The molecule has 0 amide bonds. The zero-order valence-electron chi connectivity index (χ0n) is 10.9. The molecule has 1 heterocycles. The van der Waals surface area contributed by atoms with Crippen molar-refractivity contribution in [3.63, 3.8) is 0 Å². The predicted octanol–water partition coefficient (Wildman–Crippen LogP) is 2.71. The molecule has 1 saturated heterocycles. The van der Waals surface area contributed by atoms with E-state index in [4.69, 9.17) is 5.73 Å². The average Bonchev–Trinajstić information content (AvgIpc) is 2.89. The lowest BCUT2D eigenvalue weighted by Crippen LogP contribution is -2.21. The number of benzene rings is 1. The van der Waals surface area contributed by atoms with Gasteiger partial charge in [-0.05, 0) is 49.8 Å². The van der Waals surface area contributed by atoms with Crippen molar-refractivity contribution in [3.8, 4) is 0 Å². The van der Waals surface area contributed by atoms with E-state index >= 15 is 0 Å². The molecule has 0 aromatic heterocycles. The summed E-state index contributed by atoms with van der Waals surface area (Å²) < 4.78 is 0. The maximum Gasteiger partial charge on any atom is 0.161 e. The fourth-order valence-corrected chi connectivity index (χ4v) is 3.49. The Morgan fingerprint density at radius 1 is 1.28 bits per heavy atom. The molecule has 2 atom stereocenters. The Balaban J connectivity index is 1.85. The summed E-state index contributed by atoms with van der Waals surface area (Å²) in [6, 6.07) is 5.86. The van der Waals surface area contributed by atoms with Crippen molar-refractivity contribution < 1.29 is 4.79 Å². The molecular weight excluding hydrogens is 224 g/mol. The van der Waals surface area contributed by atoms with Crippen molar-refractivity contribution in [2.75, 3.05) is 23.7 Å². The molecule has 2 unspecified atom stereocenters. The van der Waals surface area contributed by atoms with Crippen molar-refractivity contribution in [2.24, 2.45) is 11.8 Å². The van der Waals surface area contributed by atoms with Crippen LogP contribution in [0, 0.1) is 11.8 Å². The summed E-state index contributed by atoms with van der Waals surface area (Å²) in [7, 11) is 0. The van der Waals surface area contributed by atoms with Gasteiger partial charge in [-0.2, -0.15) is 0 Å². The highest BCUT2D eigenvalue weighted by atomic mass is 16.1. The molecule has 1 aromatic carbocycles. The van der Waals surface area contributed by atoms with Crippen LogP contribution in [-0.2, 0) is 0 Å². The normalized spacial score (nSPS) is 26.4. The zero-order chi connectivity index (χ0) is 12.7. The fraction of sp³-hybridized carbons (Fsp3) is 0.533. The molecule has 1 saturated carbocycles. The maximum absolute atomic E-state index is 11.5. The first-order valence-electron chi connectivity index (χ1n) is 6.80. The standard InChI is InChI=1S/C15H20N2O/c1-10(18)14-7-13(5-6-15(14)16)17-8-11-3-2-4-12(11)9-17/h5-7,11-12H,2-4,8-9,16H2,1H3. The molecule has 96 valence electrons. The van der Waals surface area contributed by atoms with Crippen LogP contribution in [0.4, 0.5) is 11.4 Å². The van der Waals surface area contributed by atoms with E-state index < -0.39 is 0 Å². The van der Waals surface area contributed by atoms with Crippen LogP contribution in [0.15, 0.2) is 18.2 Å². The molecule has 2 fully saturated rings. The van der Waals surface area contributed by atoms with E-state index in [1.165, 1.54) is 19.3 Å². The van der Waals surface area contributed by atoms with Gasteiger partial charge >= 0.3 is 0 Å². The molecule has 1 aliphatic heterocycles. The minimum Gasteiger partial charge on any atom is -0.398 e. The molecule has 3 rings (SSSR count). The number of fused-ring (bicyclic) bond motifs is 1. The van der Waals surface area contributed by atoms with E-state index in [0.29, 0.717) is 11.3 Å². The van der Waals surface area contributed by atoms with Crippen molar-refractivity contribution in [3.05, 3.63) is 23.8 Å². The van der Waals surface area contributed by atoms with Gasteiger partial charge < -0.3 is 10.6 Å². The third-order valence-electron chi connectivity index (χ3n) is 4.51. The smallest absolute Gasteiger partial charge is 0.161 e. The summed E-state index contributed by atoms with van der Waals surface area (Å²) in [6.45, 7) is 3.87. The first kappa shape index (κ1) is 11.6. The van der Waals surface area contributed by atoms with Crippen LogP contribution in [0.3, 0.4) is 0 Å². The highest BCUT2D eigenvalue weighted by Crippen LogP contribution is 2.39. The molecule has 0 bridgehead atoms. The van der Waals surface area contributed by atoms with Crippen LogP contribution in [0.5, 0.6) is 0 Å². The number of anilines is 2. The third-order valence-corrected chi connectivity index (χ3v) is 4.51. The quantitative estimate of drug-likeness (QED) is 0.642. The number of nitrogen functional groups attached to an aromatic ring is 1. The Kier molecular flexibility index (Phi) is 2.77. The Labute approximate surface area is 108 Å². The van der Waals surface area contributed by atoms with Crippen LogP contribution >= 0.6 is 0 Å². The fourth-order valence-electron chi connectivity index (χ4n) is 3.49. The van der Waals surface area contributed by atoms with Crippen LogP contribution in [0.25, 0.3) is 0 Å². The Morgan fingerprint density at radius 2 is 1.94 bits per heavy atom. The van der Waals surface area contributed by atoms with Crippen LogP contribution in [0.2, 0.25) is 0 Å². The number of hydrogen-bond acceptors (Lipinski definition) is 3. The number of hydrogen-bond donors (Lipinski definition) is 1. The number of Topliss-reactive ketones (excluding diaryl/α,β-unsaturated/α-hetero) is 1. The monoisotopic (exact) mass is 244 g/mol. The zero-order valence-corrected chi connectivity index (χ0v) is 10.9. The van der Waals surface area contributed by atoms with E-state index in [1.807, 2.05) is 18.2 Å². The summed E-state index contributed by atoms with van der Waals surface area (Å²) in [4.78, 5) is 13.9. The van der Waals surface area contributed by atoms with Crippen molar-refractivity contribution in [1.29, 1.82) is 0 Å². The average molecular weight is 244 g/mol.